The van der Waals surface area contributed by atoms with Crippen molar-refractivity contribution in [2.24, 2.45) is 0 Å². The minimum Gasteiger partial charge on any atom is -0.361 e. The molecule has 14 heavy (non-hydrogen) atoms. The molecule has 1 heterocycles. The monoisotopic (exact) mass is 209 g/mol. The van der Waals surface area contributed by atoms with Crippen molar-refractivity contribution in [3.63, 3.8) is 0 Å². The molecular formula is C9H8ClN3O. The van der Waals surface area contributed by atoms with Crippen LogP contribution in [-0.4, -0.2) is 15.4 Å². The molecule has 1 aromatic carbocycles. The summed E-state index contributed by atoms with van der Waals surface area (Å²) in [5.41, 5.74) is 1.84. The molecule has 2 aromatic rings. The maximum Gasteiger partial charge on any atom is 0.278 e. The zero-order valence-corrected chi connectivity index (χ0v) is 8.03. The van der Waals surface area contributed by atoms with Gasteiger partial charge in [0.2, 0.25) is 0 Å². The Labute approximate surface area is 86.0 Å². The van der Waals surface area contributed by atoms with Gasteiger partial charge < -0.3 is 4.29 Å². The summed E-state index contributed by atoms with van der Waals surface area (Å²) in [5.74, 6) is 0.329. The van der Waals surface area contributed by atoms with Gasteiger partial charge in [0.25, 0.3) is 5.88 Å². The molecule has 0 unspecified atom stereocenters. The van der Waals surface area contributed by atoms with E-state index in [1.54, 1.807) is 0 Å². The van der Waals surface area contributed by atoms with E-state index in [2.05, 4.69) is 19.7 Å². The van der Waals surface area contributed by atoms with E-state index in [9.17, 15) is 0 Å². The van der Waals surface area contributed by atoms with Crippen LogP contribution in [-0.2, 0) is 6.42 Å². The number of benzene rings is 1. The number of H-pyrrole nitrogens is 1. The number of nitrogens with zero attached hydrogens (tertiary/aromatic N) is 2. The maximum atomic E-state index is 5.22. The Morgan fingerprint density at radius 3 is 2.71 bits per heavy atom. The van der Waals surface area contributed by atoms with Crippen molar-refractivity contribution >= 4 is 11.9 Å². The second-order valence-electron chi connectivity index (χ2n) is 2.81. The predicted octanol–water partition coefficient (Wildman–Crippen LogP) is 1.93. The zero-order valence-electron chi connectivity index (χ0n) is 7.27. The SMILES string of the molecule is ClOc1n[nH]nc1Cc1ccccc1. The minimum atomic E-state index is 0.329. The topological polar surface area (TPSA) is 50.8 Å². The molecule has 0 spiro atoms. The lowest BCUT2D eigenvalue weighted by molar-refractivity contribution is 0.581. The van der Waals surface area contributed by atoms with Gasteiger partial charge in [-0.2, -0.15) is 10.3 Å². The van der Waals surface area contributed by atoms with Crippen molar-refractivity contribution in [2.45, 2.75) is 6.42 Å². The van der Waals surface area contributed by atoms with E-state index in [1.165, 1.54) is 0 Å². The van der Waals surface area contributed by atoms with E-state index < -0.39 is 0 Å². The third-order valence-electron chi connectivity index (χ3n) is 1.87. The van der Waals surface area contributed by atoms with Crippen LogP contribution in [0.15, 0.2) is 30.3 Å². The molecule has 0 bridgehead atoms. The van der Waals surface area contributed by atoms with Gasteiger partial charge in [0.05, 0.1) is 0 Å². The van der Waals surface area contributed by atoms with Crippen LogP contribution in [0.4, 0.5) is 0 Å². The van der Waals surface area contributed by atoms with E-state index in [0.29, 0.717) is 18.0 Å². The summed E-state index contributed by atoms with van der Waals surface area (Å²) in [5, 5.41) is 10.1. The van der Waals surface area contributed by atoms with Gasteiger partial charge in [-0.05, 0) is 5.56 Å². The Bertz CT molecular complexity index is 401. The van der Waals surface area contributed by atoms with Crippen LogP contribution >= 0.6 is 11.9 Å². The fourth-order valence-corrected chi connectivity index (χ4v) is 1.33. The van der Waals surface area contributed by atoms with Crippen LogP contribution in [0.3, 0.4) is 0 Å². The maximum absolute atomic E-state index is 5.22. The van der Waals surface area contributed by atoms with Crippen molar-refractivity contribution in [1.82, 2.24) is 15.4 Å². The molecule has 0 amide bonds. The van der Waals surface area contributed by atoms with Crippen LogP contribution in [0.2, 0.25) is 0 Å². The molecule has 0 fully saturated rings. The summed E-state index contributed by atoms with van der Waals surface area (Å²) in [7, 11) is 0. The molecule has 0 aliphatic heterocycles. The average molecular weight is 210 g/mol. The summed E-state index contributed by atoms with van der Waals surface area (Å²) >= 11 is 5.22. The summed E-state index contributed by atoms with van der Waals surface area (Å²) < 4.78 is 4.52. The summed E-state index contributed by atoms with van der Waals surface area (Å²) in [6.07, 6.45) is 0.652. The highest BCUT2D eigenvalue weighted by molar-refractivity contribution is 6.08. The normalized spacial score (nSPS) is 10.1. The molecule has 1 N–H and O–H groups in total. The zero-order chi connectivity index (χ0) is 9.80. The van der Waals surface area contributed by atoms with E-state index in [-0.39, 0.29) is 0 Å². The number of aromatic amines is 1. The molecule has 0 atom stereocenters. The molecule has 0 saturated carbocycles. The Balaban J connectivity index is 2.19. The van der Waals surface area contributed by atoms with Gasteiger partial charge in [0.15, 0.2) is 0 Å². The van der Waals surface area contributed by atoms with Crippen LogP contribution in [0.25, 0.3) is 0 Å². The van der Waals surface area contributed by atoms with E-state index in [4.69, 9.17) is 11.9 Å². The fourth-order valence-electron chi connectivity index (χ4n) is 1.21. The Kier molecular flexibility index (Phi) is 2.65. The molecule has 2 rings (SSSR count). The van der Waals surface area contributed by atoms with E-state index in [1.807, 2.05) is 30.3 Å². The first-order valence-electron chi connectivity index (χ1n) is 4.12. The van der Waals surface area contributed by atoms with Crippen molar-refractivity contribution in [2.75, 3.05) is 0 Å². The fraction of sp³-hybridized carbons (Fsp3) is 0.111. The average Bonchev–Trinajstić information content (AvgIpc) is 2.67. The first-order valence-corrected chi connectivity index (χ1v) is 4.43. The van der Waals surface area contributed by atoms with Gasteiger partial charge in [0.1, 0.15) is 17.6 Å². The summed E-state index contributed by atoms with van der Waals surface area (Å²) in [6, 6.07) is 9.91. The molecule has 5 heteroatoms. The number of aromatic nitrogens is 3. The minimum absolute atomic E-state index is 0.329. The highest BCUT2D eigenvalue weighted by Crippen LogP contribution is 2.16. The Morgan fingerprint density at radius 1 is 1.21 bits per heavy atom. The largest absolute Gasteiger partial charge is 0.361 e. The van der Waals surface area contributed by atoms with Gasteiger partial charge in [-0.3, -0.25) is 0 Å². The van der Waals surface area contributed by atoms with Gasteiger partial charge in [0, 0.05) is 6.42 Å². The molecule has 4 nitrogen and oxygen atoms in total. The standard InChI is InChI=1S/C9H8ClN3O/c10-14-9-8(11-13-12-9)6-7-4-2-1-3-5-7/h1-5H,6H2,(H,11,12,13). The number of nitrogens with one attached hydrogen (secondary N) is 1. The third kappa shape index (κ3) is 1.85. The lowest BCUT2D eigenvalue weighted by atomic mass is 10.1. The first kappa shape index (κ1) is 9.02. The number of hydrogen-bond donors (Lipinski definition) is 1. The van der Waals surface area contributed by atoms with Crippen LogP contribution in [0, 0.1) is 0 Å². The summed E-state index contributed by atoms with van der Waals surface area (Å²) in [4.78, 5) is 0. The van der Waals surface area contributed by atoms with Crippen molar-refractivity contribution in [3.05, 3.63) is 41.6 Å². The second-order valence-corrected chi connectivity index (χ2v) is 2.97. The Morgan fingerprint density at radius 2 is 2.00 bits per heavy atom. The van der Waals surface area contributed by atoms with Crippen LogP contribution < -0.4 is 4.29 Å². The first-order chi connectivity index (χ1) is 6.90. The molecular weight excluding hydrogens is 202 g/mol. The highest BCUT2D eigenvalue weighted by atomic mass is 35.5. The van der Waals surface area contributed by atoms with Gasteiger partial charge >= 0.3 is 0 Å². The number of halogens is 1. The van der Waals surface area contributed by atoms with Gasteiger partial charge in [-0.1, -0.05) is 30.3 Å². The molecule has 0 aliphatic carbocycles. The number of hydrogen-bond acceptors (Lipinski definition) is 3. The lowest BCUT2D eigenvalue weighted by Crippen LogP contribution is -1.90. The highest BCUT2D eigenvalue weighted by Gasteiger charge is 2.08. The van der Waals surface area contributed by atoms with Crippen molar-refractivity contribution in [1.29, 1.82) is 0 Å². The molecule has 0 saturated heterocycles. The predicted molar refractivity (Wildman–Crippen MR) is 52.1 cm³/mol. The van der Waals surface area contributed by atoms with Crippen LogP contribution in [0.5, 0.6) is 5.88 Å². The summed E-state index contributed by atoms with van der Waals surface area (Å²) in [6.45, 7) is 0. The van der Waals surface area contributed by atoms with Crippen molar-refractivity contribution in [3.8, 4) is 5.88 Å². The smallest absolute Gasteiger partial charge is 0.278 e. The van der Waals surface area contributed by atoms with Gasteiger partial charge in [-0.15, -0.1) is 5.10 Å². The molecule has 0 radical (unpaired) electrons. The van der Waals surface area contributed by atoms with Crippen LogP contribution in [0.1, 0.15) is 11.3 Å². The van der Waals surface area contributed by atoms with Gasteiger partial charge in [-0.25, -0.2) is 0 Å². The molecule has 1 aromatic heterocycles. The number of rotatable bonds is 3. The quantitative estimate of drug-likeness (QED) is 0.841. The lowest BCUT2D eigenvalue weighted by Gasteiger charge is -1.97. The Hall–Kier alpha value is -1.55. The molecule has 0 aliphatic rings. The molecule has 72 valence electrons. The van der Waals surface area contributed by atoms with E-state index in [0.717, 1.165) is 5.56 Å². The van der Waals surface area contributed by atoms with Crippen molar-refractivity contribution < 1.29 is 4.29 Å². The second kappa shape index (κ2) is 4.11. The van der Waals surface area contributed by atoms with E-state index >= 15 is 0 Å². The third-order valence-corrected chi connectivity index (χ3v) is 2.02.